The molecule has 0 amide bonds. The van der Waals surface area contributed by atoms with Gasteiger partial charge < -0.3 is 5.73 Å². The summed E-state index contributed by atoms with van der Waals surface area (Å²) in [4.78, 5) is 0. The van der Waals surface area contributed by atoms with Crippen molar-refractivity contribution < 1.29 is 0 Å². The smallest absolute Gasteiger partial charge is 0.00741 e. The Kier molecular flexibility index (Phi) is 5.35. The van der Waals surface area contributed by atoms with Gasteiger partial charge in [0.1, 0.15) is 0 Å². The van der Waals surface area contributed by atoms with Crippen LogP contribution in [0.3, 0.4) is 0 Å². The standard InChI is InChI=1S/C20H25N/c1-15-12-16(2)20(17(3)13-15)10-9-19-7-4-6-18(14-19)8-5-11-21/h4,6-7,9-10,12-14H,5,8,11,21H2,1-3H3. The van der Waals surface area contributed by atoms with E-state index >= 15 is 0 Å². The summed E-state index contributed by atoms with van der Waals surface area (Å²) in [5.41, 5.74) is 13.5. The second kappa shape index (κ2) is 7.24. The van der Waals surface area contributed by atoms with Crippen molar-refractivity contribution in [3.8, 4) is 0 Å². The lowest BCUT2D eigenvalue weighted by atomic mass is 9.98. The van der Waals surface area contributed by atoms with Gasteiger partial charge in [-0.05, 0) is 68.0 Å². The Morgan fingerprint density at radius 3 is 2.33 bits per heavy atom. The van der Waals surface area contributed by atoms with E-state index in [2.05, 4.69) is 69.3 Å². The molecule has 0 saturated carbocycles. The summed E-state index contributed by atoms with van der Waals surface area (Å²) >= 11 is 0. The topological polar surface area (TPSA) is 26.0 Å². The maximum atomic E-state index is 5.58. The SMILES string of the molecule is Cc1cc(C)c(C=Cc2cccc(CCCN)c2)c(C)c1. The monoisotopic (exact) mass is 279 g/mol. The molecule has 0 unspecified atom stereocenters. The number of benzene rings is 2. The first-order chi connectivity index (χ1) is 10.1. The van der Waals surface area contributed by atoms with Crippen LogP contribution in [0.2, 0.25) is 0 Å². The molecular weight excluding hydrogens is 254 g/mol. The molecule has 2 aromatic rings. The maximum absolute atomic E-state index is 5.58. The molecule has 0 bridgehead atoms. The van der Waals surface area contributed by atoms with Crippen molar-refractivity contribution >= 4 is 12.2 Å². The molecular formula is C20H25N. The minimum atomic E-state index is 0.752. The van der Waals surface area contributed by atoms with Crippen molar-refractivity contribution in [2.75, 3.05) is 6.54 Å². The first kappa shape index (κ1) is 15.5. The summed E-state index contributed by atoms with van der Waals surface area (Å²) < 4.78 is 0. The van der Waals surface area contributed by atoms with Crippen LogP contribution in [0, 0.1) is 20.8 Å². The molecule has 0 radical (unpaired) electrons. The third kappa shape index (κ3) is 4.30. The van der Waals surface area contributed by atoms with Crippen LogP contribution >= 0.6 is 0 Å². The Morgan fingerprint density at radius 2 is 1.67 bits per heavy atom. The minimum absolute atomic E-state index is 0.752. The van der Waals surface area contributed by atoms with Gasteiger partial charge in [0, 0.05) is 0 Å². The lowest BCUT2D eigenvalue weighted by Crippen LogP contribution is -2.00. The Bertz CT molecular complexity index is 615. The van der Waals surface area contributed by atoms with Crippen LogP contribution in [0.5, 0.6) is 0 Å². The summed E-state index contributed by atoms with van der Waals surface area (Å²) in [7, 11) is 0. The van der Waals surface area contributed by atoms with Crippen LogP contribution in [0.1, 0.15) is 39.8 Å². The van der Waals surface area contributed by atoms with Gasteiger partial charge in [0.25, 0.3) is 0 Å². The molecule has 0 heterocycles. The average Bonchev–Trinajstić information content (AvgIpc) is 2.44. The first-order valence-electron chi connectivity index (χ1n) is 7.65. The zero-order chi connectivity index (χ0) is 15.2. The highest BCUT2D eigenvalue weighted by Gasteiger charge is 2.00. The molecule has 2 N–H and O–H groups in total. The van der Waals surface area contributed by atoms with Gasteiger partial charge in [-0.25, -0.2) is 0 Å². The molecule has 2 aromatic carbocycles. The Labute approximate surface area is 128 Å². The van der Waals surface area contributed by atoms with Crippen molar-refractivity contribution in [3.05, 3.63) is 69.8 Å². The summed E-state index contributed by atoms with van der Waals surface area (Å²) in [5, 5.41) is 0. The van der Waals surface area contributed by atoms with Crippen LogP contribution in [0.15, 0.2) is 36.4 Å². The lowest BCUT2D eigenvalue weighted by Gasteiger charge is -2.07. The van der Waals surface area contributed by atoms with Gasteiger partial charge in [-0.2, -0.15) is 0 Å². The number of nitrogens with two attached hydrogens (primary N) is 1. The van der Waals surface area contributed by atoms with Crippen LogP contribution in [-0.4, -0.2) is 6.54 Å². The number of hydrogen-bond donors (Lipinski definition) is 1. The van der Waals surface area contributed by atoms with Crippen LogP contribution in [0.25, 0.3) is 12.2 Å². The van der Waals surface area contributed by atoms with Gasteiger partial charge >= 0.3 is 0 Å². The van der Waals surface area contributed by atoms with Crippen LogP contribution in [0.4, 0.5) is 0 Å². The molecule has 2 rings (SSSR count). The molecule has 110 valence electrons. The van der Waals surface area contributed by atoms with Gasteiger partial charge in [0.2, 0.25) is 0 Å². The predicted octanol–water partition coefficient (Wildman–Crippen LogP) is 4.67. The highest BCUT2D eigenvalue weighted by molar-refractivity contribution is 5.73. The van der Waals surface area contributed by atoms with E-state index in [1.54, 1.807) is 0 Å². The van der Waals surface area contributed by atoms with Crippen LogP contribution in [-0.2, 0) is 6.42 Å². The molecule has 0 aromatic heterocycles. The summed E-state index contributed by atoms with van der Waals surface area (Å²) in [5.74, 6) is 0. The average molecular weight is 279 g/mol. The van der Waals surface area contributed by atoms with Gasteiger partial charge in [-0.15, -0.1) is 0 Å². The molecule has 0 fully saturated rings. The lowest BCUT2D eigenvalue weighted by molar-refractivity contribution is 0.832. The highest BCUT2D eigenvalue weighted by atomic mass is 14.5. The second-order valence-electron chi connectivity index (χ2n) is 5.78. The van der Waals surface area contributed by atoms with Crippen molar-refractivity contribution in [2.24, 2.45) is 5.73 Å². The van der Waals surface area contributed by atoms with E-state index in [0.29, 0.717) is 0 Å². The van der Waals surface area contributed by atoms with Gasteiger partial charge in [-0.1, -0.05) is 54.1 Å². The largest absolute Gasteiger partial charge is 0.330 e. The maximum Gasteiger partial charge on any atom is -0.00741 e. The van der Waals surface area contributed by atoms with Crippen molar-refractivity contribution in [3.63, 3.8) is 0 Å². The van der Waals surface area contributed by atoms with Crippen molar-refractivity contribution in [2.45, 2.75) is 33.6 Å². The Balaban J connectivity index is 2.21. The fourth-order valence-electron chi connectivity index (χ4n) is 2.79. The normalized spacial score (nSPS) is 11.2. The second-order valence-corrected chi connectivity index (χ2v) is 5.78. The molecule has 1 heteroatoms. The quantitative estimate of drug-likeness (QED) is 0.791. The predicted molar refractivity (Wildman–Crippen MR) is 93.4 cm³/mol. The third-order valence-corrected chi connectivity index (χ3v) is 3.80. The van der Waals surface area contributed by atoms with E-state index < -0.39 is 0 Å². The molecule has 0 saturated heterocycles. The Morgan fingerprint density at radius 1 is 0.952 bits per heavy atom. The minimum Gasteiger partial charge on any atom is -0.330 e. The van der Waals surface area contributed by atoms with Crippen molar-refractivity contribution in [1.82, 2.24) is 0 Å². The summed E-state index contributed by atoms with van der Waals surface area (Å²) in [6.45, 7) is 7.25. The van der Waals surface area contributed by atoms with Gasteiger partial charge in [0.15, 0.2) is 0 Å². The van der Waals surface area contributed by atoms with E-state index in [4.69, 9.17) is 5.73 Å². The zero-order valence-electron chi connectivity index (χ0n) is 13.3. The highest BCUT2D eigenvalue weighted by Crippen LogP contribution is 2.19. The number of hydrogen-bond acceptors (Lipinski definition) is 1. The number of rotatable bonds is 5. The zero-order valence-corrected chi connectivity index (χ0v) is 13.3. The molecule has 0 spiro atoms. The number of aryl methyl sites for hydroxylation is 4. The Hall–Kier alpha value is -1.86. The first-order valence-corrected chi connectivity index (χ1v) is 7.65. The van der Waals surface area contributed by atoms with E-state index in [9.17, 15) is 0 Å². The molecule has 0 aliphatic heterocycles. The summed E-state index contributed by atoms with van der Waals surface area (Å²) in [6.07, 6.45) is 6.53. The molecule has 0 aliphatic rings. The molecule has 0 atom stereocenters. The fourth-order valence-corrected chi connectivity index (χ4v) is 2.79. The third-order valence-electron chi connectivity index (χ3n) is 3.80. The van der Waals surface area contributed by atoms with E-state index in [1.807, 2.05) is 0 Å². The van der Waals surface area contributed by atoms with E-state index in [0.717, 1.165) is 19.4 Å². The summed E-state index contributed by atoms with van der Waals surface area (Å²) in [6, 6.07) is 13.2. The van der Waals surface area contributed by atoms with Crippen LogP contribution < -0.4 is 5.73 Å². The van der Waals surface area contributed by atoms with E-state index in [1.165, 1.54) is 33.4 Å². The fraction of sp³-hybridized carbons (Fsp3) is 0.300. The van der Waals surface area contributed by atoms with Gasteiger partial charge in [0.05, 0.1) is 0 Å². The molecule has 1 nitrogen and oxygen atoms in total. The van der Waals surface area contributed by atoms with Gasteiger partial charge in [-0.3, -0.25) is 0 Å². The van der Waals surface area contributed by atoms with Crippen molar-refractivity contribution in [1.29, 1.82) is 0 Å². The molecule has 0 aliphatic carbocycles. The van der Waals surface area contributed by atoms with E-state index in [-0.39, 0.29) is 0 Å². The molecule has 21 heavy (non-hydrogen) atoms.